The Morgan fingerprint density at radius 1 is 1.26 bits per heavy atom. The van der Waals surface area contributed by atoms with Crippen molar-refractivity contribution in [1.82, 2.24) is 9.97 Å². The predicted octanol–water partition coefficient (Wildman–Crippen LogP) is 5.91. The minimum Gasteiger partial charge on any atom is -0.248 e. The van der Waals surface area contributed by atoms with Gasteiger partial charge in [0.15, 0.2) is 0 Å². The topological polar surface area (TPSA) is 25.8 Å². The average Bonchev–Trinajstić information content (AvgIpc) is 2.52. The standard InChI is InChI=1S/C16H11BrClF3N2/c1-3-12-14(9(2)18)23-15(13(8-17)22-12)10-6-4-5-7-11(10)16(19,20)21/h3-7H,1-2,8H2. The van der Waals surface area contributed by atoms with Crippen LogP contribution in [0.4, 0.5) is 13.2 Å². The van der Waals surface area contributed by atoms with Gasteiger partial charge in [-0.2, -0.15) is 13.2 Å². The fraction of sp³-hybridized carbons (Fsp3) is 0.125. The molecule has 0 saturated heterocycles. The van der Waals surface area contributed by atoms with E-state index in [1.54, 1.807) is 0 Å². The van der Waals surface area contributed by atoms with Crippen LogP contribution in [0.5, 0.6) is 0 Å². The molecule has 0 aliphatic heterocycles. The molecule has 1 aromatic heterocycles. The number of alkyl halides is 4. The lowest BCUT2D eigenvalue weighted by molar-refractivity contribution is -0.137. The van der Waals surface area contributed by atoms with E-state index in [1.165, 1.54) is 24.3 Å². The number of aromatic nitrogens is 2. The second-order valence-corrected chi connectivity index (χ2v) is 5.56. The van der Waals surface area contributed by atoms with Gasteiger partial charge in [-0.15, -0.1) is 0 Å². The largest absolute Gasteiger partial charge is 0.417 e. The molecule has 0 unspecified atom stereocenters. The minimum absolute atomic E-state index is 0.0586. The quantitative estimate of drug-likeness (QED) is 0.593. The molecule has 0 N–H and O–H groups in total. The van der Waals surface area contributed by atoms with Crippen molar-refractivity contribution in [2.24, 2.45) is 0 Å². The third-order valence-corrected chi connectivity index (χ3v) is 3.77. The van der Waals surface area contributed by atoms with Crippen molar-refractivity contribution in [2.75, 3.05) is 0 Å². The van der Waals surface area contributed by atoms with Gasteiger partial charge in [0.25, 0.3) is 0 Å². The molecule has 2 nitrogen and oxygen atoms in total. The van der Waals surface area contributed by atoms with Crippen molar-refractivity contribution in [3.8, 4) is 11.3 Å². The Morgan fingerprint density at radius 3 is 2.43 bits per heavy atom. The van der Waals surface area contributed by atoms with Crippen LogP contribution < -0.4 is 0 Å². The van der Waals surface area contributed by atoms with Crippen molar-refractivity contribution in [2.45, 2.75) is 11.5 Å². The van der Waals surface area contributed by atoms with E-state index < -0.39 is 11.7 Å². The molecule has 0 fully saturated rings. The van der Waals surface area contributed by atoms with Gasteiger partial charge >= 0.3 is 6.18 Å². The predicted molar refractivity (Wildman–Crippen MR) is 90.1 cm³/mol. The van der Waals surface area contributed by atoms with Crippen molar-refractivity contribution in [3.05, 3.63) is 60.1 Å². The van der Waals surface area contributed by atoms with Gasteiger partial charge in [0, 0.05) is 10.9 Å². The molecule has 2 rings (SSSR count). The number of benzene rings is 1. The zero-order chi connectivity index (χ0) is 17.2. The van der Waals surface area contributed by atoms with E-state index in [1.807, 2.05) is 0 Å². The molecule has 0 amide bonds. The van der Waals surface area contributed by atoms with E-state index in [9.17, 15) is 13.2 Å². The van der Waals surface area contributed by atoms with Crippen LogP contribution in [0.25, 0.3) is 22.4 Å². The van der Waals surface area contributed by atoms with E-state index in [0.717, 1.165) is 6.07 Å². The van der Waals surface area contributed by atoms with Crippen LogP contribution in [-0.2, 0) is 11.5 Å². The van der Waals surface area contributed by atoms with Gasteiger partial charge in [-0.3, -0.25) is 0 Å². The van der Waals surface area contributed by atoms with Gasteiger partial charge in [0.05, 0.1) is 27.7 Å². The third-order valence-electron chi connectivity index (χ3n) is 3.06. The normalized spacial score (nSPS) is 11.3. The van der Waals surface area contributed by atoms with Gasteiger partial charge in [0.1, 0.15) is 5.69 Å². The molecule has 0 aliphatic rings. The molecular weight excluding hydrogens is 393 g/mol. The summed E-state index contributed by atoms with van der Waals surface area (Å²) in [5.74, 6) is 0. The maximum atomic E-state index is 13.3. The fourth-order valence-electron chi connectivity index (χ4n) is 2.07. The Labute approximate surface area is 144 Å². The molecule has 0 aliphatic carbocycles. The minimum atomic E-state index is -4.50. The molecule has 2 aromatic rings. The second kappa shape index (κ2) is 6.84. The van der Waals surface area contributed by atoms with Crippen molar-refractivity contribution in [1.29, 1.82) is 0 Å². The number of nitrogens with zero attached hydrogens (tertiary/aromatic N) is 2. The SMILES string of the molecule is C=Cc1nc(CBr)c(-c2ccccc2C(F)(F)F)nc1C(=C)Cl. The lowest BCUT2D eigenvalue weighted by atomic mass is 10.0. The number of halogens is 5. The summed E-state index contributed by atoms with van der Waals surface area (Å²) >= 11 is 9.13. The lowest BCUT2D eigenvalue weighted by Gasteiger charge is -2.16. The average molecular weight is 404 g/mol. The van der Waals surface area contributed by atoms with Crippen LogP contribution in [0.15, 0.2) is 37.4 Å². The smallest absolute Gasteiger partial charge is 0.248 e. The van der Waals surface area contributed by atoms with E-state index >= 15 is 0 Å². The van der Waals surface area contributed by atoms with Crippen molar-refractivity contribution >= 4 is 38.6 Å². The van der Waals surface area contributed by atoms with E-state index in [4.69, 9.17) is 11.6 Å². The van der Waals surface area contributed by atoms with E-state index in [2.05, 4.69) is 39.1 Å². The maximum absolute atomic E-state index is 13.3. The molecule has 120 valence electrons. The summed E-state index contributed by atoms with van der Waals surface area (Å²) in [7, 11) is 0. The summed E-state index contributed by atoms with van der Waals surface area (Å²) in [6.07, 6.45) is -3.07. The summed E-state index contributed by atoms with van der Waals surface area (Å²) in [5.41, 5.74) is 0.201. The highest BCUT2D eigenvalue weighted by Gasteiger charge is 2.34. The maximum Gasteiger partial charge on any atom is 0.417 e. The van der Waals surface area contributed by atoms with Gasteiger partial charge in [0.2, 0.25) is 0 Å². The number of rotatable bonds is 4. The van der Waals surface area contributed by atoms with Crippen LogP contribution in [0.2, 0.25) is 0 Å². The Morgan fingerprint density at radius 2 is 1.91 bits per heavy atom. The second-order valence-electron chi connectivity index (χ2n) is 4.54. The van der Waals surface area contributed by atoms with Crippen LogP contribution >= 0.6 is 27.5 Å². The van der Waals surface area contributed by atoms with Crippen LogP contribution in [0, 0.1) is 0 Å². The Kier molecular flexibility index (Phi) is 5.26. The molecule has 0 bridgehead atoms. The molecule has 0 radical (unpaired) electrons. The molecular formula is C16H11BrClF3N2. The fourth-order valence-corrected chi connectivity index (χ4v) is 2.60. The zero-order valence-corrected chi connectivity index (χ0v) is 14.1. The van der Waals surface area contributed by atoms with Crippen LogP contribution in [0.3, 0.4) is 0 Å². The molecule has 1 heterocycles. The van der Waals surface area contributed by atoms with Gasteiger partial charge < -0.3 is 0 Å². The first-order chi connectivity index (χ1) is 10.8. The van der Waals surface area contributed by atoms with E-state index in [-0.39, 0.29) is 27.3 Å². The Bertz CT molecular complexity index is 772. The first kappa shape index (κ1) is 17.7. The van der Waals surface area contributed by atoms with Gasteiger partial charge in [-0.25, -0.2) is 9.97 Å². The summed E-state index contributed by atoms with van der Waals surface area (Å²) in [4.78, 5) is 8.55. The molecule has 7 heteroatoms. The molecule has 0 atom stereocenters. The van der Waals surface area contributed by atoms with Crippen molar-refractivity contribution < 1.29 is 13.2 Å². The third kappa shape index (κ3) is 3.64. The highest BCUT2D eigenvalue weighted by molar-refractivity contribution is 9.08. The Hall–Kier alpha value is -1.66. The zero-order valence-electron chi connectivity index (χ0n) is 11.8. The summed E-state index contributed by atoms with van der Waals surface area (Å²) in [6, 6.07) is 5.20. The van der Waals surface area contributed by atoms with Gasteiger partial charge in [-0.05, 0) is 12.1 Å². The number of hydrogen-bond donors (Lipinski definition) is 0. The lowest BCUT2D eigenvalue weighted by Crippen LogP contribution is -2.10. The van der Waals surface area contributed by atoms with E-state index in [0.29, 0.717) is 11.4 Å². The highest BCUT2D eigenvalue weighted by Crippen LogP contribution is 2.38. The summed E-state index contributed by atoms with van der Waals surface area (Å²) < 4.78 is 39.8. The first-order valence-corrected chi connectivity index (χ1v) is 7.90. The summed E-state index contributed by atoms with van der Waals surface area (Å²) in [6.45, 7) is 7.19. The molecule has 23 heavy (non-hydrogen) atoms. The van der Waals surface area contributed by atoms with Gasteiger partial charge in [-0.1, -0.05) is 58.9 Å². The Balaban J connectivity index is 2.81. The summed E-state index contributed by atoms with van der Waals surface area (Å²) in [5, 5.41) is 0.316. The van der Waals surface area contributed by atoms with Crippen molar-refractivity contribution in [3.63, 3.8) is 0 Å². The monoisotopic (exact) mass is 402 g/mol. The molecule has 0 saturated carbocycles. The molecule has 0 spiro atoms. The number of hydrogen-bond acceptors (Lipinski definition) is 2. The van der Waals surface area contributed by atoms with Crippen LogP contribution in [0.1, 0.15) is 22.6 Å². The molecule has 1 aromatic carbocycles. The highest BCUT2D eigenvalue weighted by atomic mass is 79.9. The first-order valence-electron chi connectivity index (χ1n) is 6.40. The van der Waals surface area contributed by atoms with Crippen LogP contribution in [-0.4, -0.2) is 9.97 Å².